The Morgan fingerprint density at radius 2 is 2.00 bits per heavy atom. The molecule has 5 heteroatoms. The predicted molar refractivity (Wildman–Crippen MR) is 102 cm³/mol. The molecule has 0 radical (unpaired) electrons. The molecule has 1 atom stereocenters. The Labute approximate surface area is 150 Å². The van der Waals surface area contributed by atoms with E-state index in [0.717, 1.165) is 37.1 Å². The van der Waals surface area contributed by atoms with Crippen molar-refractivity contribution in [2.24, 2.45) is 5.92 Å². The van der Waals surface area contributed by atoms with Crippen LogP contribution in [0.4, 0.5) is 0 Å². The number of imidazole rings is 1. The summed E-state index contributed by atoms with van der Waals surface area (Å²) in [6.07, 6.45) is 4.89. The van der Waals surface area contributed by atoms with Gasteiger partial charge in [0.05, 0.1) is 17.4 Å². The molecule has 25 heavy (non-hydrogen) atoms. The second-order valence-electron chi connectivity index (χ2n) is 7.38. The summed E-state index contributed by atoms with van der Waals surface area (Å²) in [5.41, 5.74) is 1.96. The summed E-state index contributed by atoms with van der Waals surface area (Å²) in [5, 5.41) is 3.19. The molecular weight excluding hydrogens is 312 g/mol. The SMILES string of the molecule is CCC(C(=O)NCC1CCN(C(C)C)CC1)n1cnc2ccccc21. The van der Waals surface area contributed by atoms with Crippen LogP contribution < -0.4 is 5.32 Å². The van der Waals surface area contributed by atoms with E-state index in [0.29, 0.717) is 12.0 Å². The first-order valence-electron chi connectivity index (χ1n) is 9.53. The van der Waals surface area contributed by atoms with E-state index in [2.05, 4.69) is 36.0 Å². The first kappa shape index (κ1) is 17.9. The molecule has 0 spiro atoms. The maximum atomic E-state index is 12.8. The Hall–Kier alpha value is -1.88. The predicted octanol–water partition coefficient (Wildman–Crippen LogP) is 3.22. The summed E-state index contributed by atoms with van der Waals surface area (Å²) in [6.45, 7) is 9.63. The van der Waals surface area contributed by atoms with E-state index in [4.69, 9.17) is 0 Å². The number of piperidine rings is 1. The summed E-state index contributed by atoms with van der Waals surface area (Å²) in [7, 11) is 0. The number of nitrogens with one attached hydrogen (secondary N) is 1. The lowest BCUT2D eigenvalue weighted by atomic mass is 9.96. The summed E-state index contributed by atoms with van der Waals surface area (Å²) >= 11 is 0. The molecule has 1 aliphatic heterocycles. The number of benzene rings is 1. The fourth-order valence-electron chi connectivity index (χ4n) is 3.77. The summed E-state index contributed by atoms with van der Waals surface area (Å²) < 4.78 is 2.01. The monoisotopic (exact) mass is 342 g/mol. The molecule has 2 aromatic rings. The van der Waals surface area contributed by atoms with Gasteiger partial charge < -0.3 is 14.8 Å². The molecule has 3 rings (SSSR count). The van der Waals surface area contributed by atoms with Gasteiger partial charge in [-0.1, -0.05) is 19.1 Å². The molecular formula is C20H30N4O. The number of hydrogen-bond acceptors (Lipinski definition) is 3. The number of amides is 1. The highest BCUT2D eigenvalue weighted by atomic mass is 16.2. The van der Waals surface area contributed by atoms with Crippen LogP contribution in [0.5, 0.6) is 0 Å². The topological polar surface area (TPSA) is 50.2 Å². The molecule has 1 amide bonds. The zero-order chi connectivity index (χ0) is 17.8. The van der Waals surface area contributed by atoms with Gasteiger partial charge >= 0.3 is 0 Å². The van der Waals surface area contributed by atoms with Gasteiger partial charge in [0, 0.05) is 12.6 Å². The van der Waals surface area contributed by atoms with Crippen LogP contribution in [0.2, 0.25) is 0 Å². The molecule has 1 N–H and O–H groups in total. The minimum atomic E-state index is -0.192. The van der Waals surface area contributed by atoms with Crippen molar-refractivity contribution in [1.29, 1.82) is 0 Å². The Bertz CT molecular complexity index is 701. The summed E-state index contributed by atoms with van der Waals surface area (Å²) in [4.78, 5) is 19.7. The van der Waals surface area contributed by atoms with Crippen LogP contribution in [0.25, 0.3) is 11.0 Å². The molecule has 0 bridgehead atoms. The number of nitrogens with zero attached hydrogens (tertiary/aromatic N) is 3. The van der Waals surface area contributed by atoms with E-state index in [9.17, 15) is 4.79 Å². The number of hydrogen-bond donors (Lipinski definition) is 1. The fraction of sp³-hybridized carbons (Fsp3) is 0.600. The molecule has 5 nitrogen and oxygen atoms in total. The largest absolute Gasteiger partial charge is 0.354 e. The number of carbonyl (C=O) groups is 1. The van der Waals surface area contributed by atoms with E-state index < -0.39 is 0 Å². The molecule has 1 aliphatic rings. The molecule has 1 aromatic carbocycles. The van der Waals surface area contributed by atoms with Crippen LogP contribution in [0, 0.1) is 5.92 Å². The van der Waals surface area contributed by atoms with Crippen molar-refractivity contribution >= 4 is 16.9 Å². The van der Waals surface area contributed by atoms with Crippen molar-refractivity contribution in [2.75, 3.05) is 19.6 Å². The minimum absolute atomic E-state index is 0.108. The highest BCUT2D eigenvalue weighted by Crippen LogP contribution is 2.21. The van der Waals surface area contributed by atoms with E-state index in [-0.39, 0.29) is 11.9 Å². The minimum Gasteiger partial charge on any atom is -0.354 e. The van der Waals surface area contributed by atoms with Gasteiger partial charge in [0.2, 0.25) is 5.91 Å². The van der Waals surface area contributed by atoms with Gasteiger partial charge in [0.15, 0.2) is 0 Å². The Kier molecular flexibility index (Phi) is 5.74. The number of carbonyl (C=O) groups excluding carboxylic acids is 1. The number of rotatable bonds is 6. The van der Waals surface area contributed by atoms with Crippen LogP contribution in [0.3, 0.4) is 0 Å². The number of aromatic nitrogens is 2. The van der Waals surface area contributed by atoms with Gasteiger partial charge in [-0.2, -0.15) is 0 Å². The molecule has 2 heterocycles. The molecule has 1 saturated heterocycles. The molecule has 0 saturated carbocycles. The average molecular weight is 342 g/mol. The zero-order valence-electron chi connectivity index (χ0n) is 15.6. The van der Waals surface area contributed by atoms with Gasteiger partial charge in [0.1, 0.15) is 6.04 Å². The van der Waals surface area contributed by atoms with Gasteiger partial charge in [-0.15, -0.1) is 0 Å². The summed E-state index contributed by atoms with van der Waals surface area (Å²) in [6, 6.07) is 8.41. The van der Waals surface area contributed by atoms with Crippen molar-refractivity contribution in [3.8, 4) is 0 Å². The molecule has 0 aliphatic carbocycles. The quantitative estimate of drug-likeness (QED) is 0.877. The number of fused-ring (bicyclic) bond motifs is 1. The average Bonchev–Trinajstić information content (AvgIpc) is 3.05. The molecule has 1 aromatic heterocycles. The van der Waals surface area contributed by atoms with Crippen molar-refractivity contribution in [1.82, 2.24) is 19.8 Å². The Balaban J connectivity index is 1.58. The highest BCUT2D eigenvalue weighted by molar-refractivity contribution is 5.83. The van der Waals surface area contributed by atoms with Gasteiger partial charge in [0.25, 0.3) is 0 Å². The van der Waals surface area contributed by atoms with Crippen molar-refractivity contribution < 1.29 is 4.79 Å². The molecule has 136 valence electrons. The van der Waals surface area contributed by atoms with Gasteiger partial charge in [-0.3, -0.25) is 4.79 Å². The third kappa shape index (κ3) is 4.03. The van der Waals surface area contributed by atoms with E-state index in [1.165, 1.54) is 12.8 Å². The van der Waals surface area contributed by atoms with Crippen molar-refractivity contribution in [3.63, 3.8) is 0 Å². The maximum absolute atomic E-state index is 12.8. The second kappa shape index (κ2) is 8.00. The third-order valence-electron chi connectivity index (χ3n) is 5.45. The highest BCUT2D eigenvalue weighted by Gasteiger charge is 2.24. The number of para-hydroxylation sites is 2. The van der Waals surface area contributed by atoms with Gasteiger partial charge in [-0.05, 0) is 64.3 Å². The van der Waals surface area contributed by atoms with E-state index in [1.54, 1.807) is 6.33 Å². The van der Waals surface area contributed by atoms with Crippen LogP contribution in [-0.2, 0) is 4.79 Å². The molecule has 1 fully saturated rings. The fourth-order valence-corrected chi connectivity index (χ4v) is 3.77. The third-order valence-corrected chi connectivity index (χ3v) is 5.45. The molecule has 1 unspecified atom stereocenters. The first-order valence-corrected chi connectivity index (χ1v) is 9.53. The lowest BCUT2D eigenvalue weighted by Gasteiger charge is -2.34. The lowest BCUT2D eigenvalue weighted by Crippen LogP contribution is -2.42. The smallest absolute Gasteiger partial charge is 0.243 e. The van der Waals surface area contributed by atoms with E-state index in [1.807, 2.05) is 28.8 Å². The normalized spacial score (nSPS) is 17.9. The summed E-state index contributed by atoms with van der Waals surface area (Å²) in [5.74, 6) is 0.702. The second-order valence-corrected chi connectivity index (χ2v) is 7.38. The first-order chi connectivity index (χ1) is 12.1. The lowest BCUT2D eigenvalue weighted by molar-refractivity contribution is -0.124. The van der Waals surface area contributed by atoms with Crippen LogP contribution in [0.15, 0.2) is 30.6 Å². The van der Waals surface area contributed by atoms with Gasteiger partial charge in [-0.25, -0.2) is 4.98 Å². The maximum Gasteiger partial charge on any atom is 0.243 e. The zero-order valence-corrected chi connectivity index (χ0v) is 15.6. The van der Waals surface area contributed by atoms with E-state index >= 15 is 0 Å². The van der Waals surface area contributed by atoms with Crippen LogP contribution >= 0.6 is 0 Å². The van der Waals surface area contributed by atoms with Crippen LogP contribution in [0.1, 0.15) is 46.1 Å². The van der Waals surface area contributed by atoms with Crippen molar-refractivity contribution in [2.45, 2.75) is 52.1 Å². The van der Waals surface area contributed by atoms with Crippen molar-refractivity contribution in [3.05, 3.63) is 30.6 Å². The standard InChI is InChI=1S/C20H30N4O/c1-4-18(24-14-22-17-7-5-6-8-19(17)24)20(25)21-13-16-9-11-23(12-10-16)15(2)3/h5-8,14-16,18H,4,9-13H2,1-3H3,(H,21,25). The van der Waals surface area contributed by atoms with Crippen LogP contribution in [-0.4, -0.2) is 46.0 Å². The Morgan fingerprint density at radius 3 is 2.68 bits per heavy atom. The number of likely N-dealkylation sites (tertiary alicyclic amines) is 1. The Morgan fingerprint density at radius 1 is 1.28 bits per heavy atom.